The van der Waals surface area contributed by atoms with E-state index in [4.69, 9.17) is 4.74 Å². The Morgan fingerprint density at radius 2 is 1.50 bits per heavy atom. The minimum atomic E-state index is -3.63. The lowest BCUT2D eigenvalue weighted by atomic mass is 10.1. The summed E-state index contributed by atoms with van der Waals surface area (Å²) in [4.78, 5) is 0.256. The van der Waals surface area contributed by atoms with Crippen LogP contribution in [0.4, 0.5) is 4.39 Å². The molecule has 0 saturated carbocycles. The average molecular weight is 397 g/mol. The zero-order valence-corrected chi connectivity index (χ0v) is 16.0. The Bertz CT molecular complexity index is 1040. The van der Waals surface area contributed by atoms with Crippen molar-refractivity contribution < 1.29 is 17.5 Å². The van der Waals surface area contributed by atoms with Crippen LogP contribution in [0.1, 0.15) is 11.7 Å². The number of rotatable bonds is 4. The largest absolute Gasteiger partial charge is 0.371 e. The number of benzene rings is 3. The van der Waals surface area contributed by atoms with Gasteiger partial charge in [0.25, 0.3) is 0 Å². The van der Waals surface area contributed by atoms with E-state index in [0.29, 0.717) is 13.2 Å². The summed E-state index contributed by atoms with van der Waals surface area (Å²) in [6, 6.07) is 22.7. The lowest BCUT2D eigenvalue weighted by molar-refractivity contribution is -0.00258. The van der Waals surface area contributed by atoms with Gasteiger partial charge in [0.05, 0.1) is 17.6 Å². The second-order valence-corrected chi connectivity index (χ2v) is 8.60. The molecular weight excluding hydrogens is 377 g/mol. The van der Waals surface area contributed by atoms with Crippen molar-refractivity contribution in [1.29, 1.82) is 0 Å². The number of sulfonamides is 1. The summed E-state index contributed by atoms with van der Waals surface area (Å²) in [5.74, 6) is -0.331. The maximum Gasteiger partial charge on any atom is 0.243 e. The van der Waals surface area contributed by atoms with E-state index in [2.05, 4.69) is 0 Å². The van der Waals surface area contributed by atoms with E-state index < -0.39 is 16.1 Å². The first kappa shape index (κ1) is 18.8. The summed E-state index contributed by atoms with van der Waals surface area (Å²) in [6.45, 7) is 0.790. The highest BCUT2D eigenvalue weighted by Gasteiger charge is 2.31. The number of morpholine rings is 1. The standard InChI is InChI=1S/C22H20FNO3S/c23-20-10-6-19(7-11-20)22-16-24(14-15-27-22)28(25,26)21-12-8-18(9-13-21)17-4-2-1-3-5-17/h1-13,22H,14-16H2. The third-order valence-corrected chi connectivity index (χ3v) is 6.75. The minimum Gasteiger partial charge on any atom is -0.371 e. The van der Waals surface area contributed by atoms with Crippen LogP contribution in [0.3, 0.4) is 0 Å². The summed E-state index contributed by atoms with van der Waals surface area (Å²) >= 11 is 0. The molecule has 1 fully saturated rings. The van der Waals surface area contributed by atoms with Crippen LogP contribution in [0, 0.1) is 5.82 Å². The van der Waals surface area contributed by atoms with Gasteiger partial charge in [0.15, 0.2) is 0 Å². The summed E-state index contributed by atoms with van der Waals surface area (Å²) in [5, 5.41) is 0. The zero-order chi connectivity index (χ0) is 19.6. The third kappa shape index (κ3) is 3.85. The van der Waals surface area contributed by atoms with E-state index >= 15 is 0 Å². The SMILES string of the molecule is O=S(=O)(c1ccc(-c2ccccc2)cc1)N1CCOC(c2ccc(F)cc2)C1. The quantitative estimate of drug-likeness (QED) is 0.661. The Balaban J connectivity index is 1.55. The van der Waals surface area contributed by atoms with E-state index in [9.17, 15) is 12.8 Å². The predicted octanol–water partition coefficient (Wildman–Crippen LogP) is 4.25. The number of hydrogen-bond acceptors (Lipinski definition) is 3. The Labute approximate surface area is 164 Å². The van der Waals surface area contributed by atoms with Crippen molar-refractivity contribution in [1.82, 2.24) is 4.31 Å². The molecule has 1 heterocycles. The highest BCUT2D eigenvalue weighted by Crippen LogP contribution is 2.28. The maximum atomic E-state index is 13.1. The lowest BCUT2D eigenvalue weighted by Crippen LogP contribution is -2.42. The Morgan fingerprint density at radius 3 is 2.18 bits per heavy atom. The molecule has 0 amide bonds. The lowest BCUT2D eigenvalue weighted by Gasteiger charge is -2.32. The number of ether oxygens (including phenoxy) is 1. The summed E-state index contributed by atoms with van der Waals surface area (Å²) in [5.41, 5.74) is 2.76. The molecule has 3 aromatic carbocycles. The van der Waals surface area contributed by atoms with Gasteiger partial charge in [-0.25, -0.2) is 12.8 Å². The third-order valence-electron chi connectivity index (χ3n) is 4.87. The normalized spacial score (nSPS) is 18.1. The smallest absolute Gasteiger partial charge is 0.243 e. The molecule has 0 spiro atoms. The van der Waals surface area contributed by atoms with Gasteiger partial charge in [-0.3, -0.25) is 0 Å². The fourth-order valence-electron chi connectivity index (χ4n) is 3.32. The first-order chi connectivity index (χ1) is 13.5. The van der Waals surface area contributed by atoms with Crippen molar-refractivity contribution in [3.05, 3.63) is 90.2 Å². The molecule has 28 heavy (non-hydrogen) atoms. The number of nitrogens with zero attached hydrogens (tertiary/aromatic N) is 1. The molecule has 1 atom stereocenters. The van der Waals surface area contributed by atoms with Crippen molar-refractivity contribution in [2.75, 3.05) is 19.7 Å². The molecule has 1 saturated heterocycles. The van der Waals surface area contributed by atoms with Crippen LogP contribution >= 0.6 is 0 Å². The van der Waals surface area contributed by atoms with Crippen molar-refractivity contribution >= 4 is 10.0 Å². The van der Waals surface area contributed by atoms with Crippen molar-refractivity contribution in [2.24, 2.45) is 0 Å². The molecule has 1 aliphatic rings. The predicted molar refractivity (Wildman–Crippen MR) is 106 cm³/mol. The maximum absolute atomic E-state index is 13.1. The van der Waals surface area contributed by atoms with Gasteiger partial charge < -0.3 is 4.74 Å². The molecule has 0 N–H and O–H groups in total. The summed E-state index contributed by atoms with van der Waals surface area (Å²) < 4.78 is 46.4. The van der Waals surface area contributed by atoms with Gasteiger partial charge in [-0.2, -0.15) is 4.31 Å². The van der Waals surface area contributed by atoms with Crippen molar-refractivity contribution in [3.63, 3.8) is 0 Å². The Hall–Kier alpha value is -2.54. The summed E-state index contributed by atoms with van der Waals surface area (Å²) in [6.07, 6.45) is -0.410. The highest BCUT2D eigenvalue weighted by molar-refractivity contribution is 7.89. The van der Waals surface area contributed by atoms with Crippen LogP contribution in [-0.4, -0.2) is 32.4 Å². The van der Waals surface area contributed by atoms with Crippen molar-refractivity contribution in [2.45, 2.75) is 11.0 Å². The molecule has 0 aliphatic carbocycles. The van der Waals surface area contributed by atoms with Crippen LogP contribution in [0.25, 0.3) is 11.1 Å². The van der Waals surface area contributed by atoms with Crippen LogP contribution < -0.4 is 0 Å². The van der Waals surface area contributed by atoms with Gasteiger partial charge >= 0.3 is 0 Å². The van der Waals surface area contributed by atoms with Gasteiger partial charge in [-0.1, -0.05) is 54.6 Å². The van der Waals surface area contributed by atoms with E-state index in [1.807, 2.05) is 42.5 Å². The molecule has 4 nitrogen and oxygen atoms in total. The van der Waals surface area contributed by atoms with E-state index in [0.717, 1.165) is 16.7 Å². The van der Waals surface area contributed by atoms with Gasteiger partial charge in [0.1, 0.15) is 5.82 Å². The molecule has 4 rings (SSSR count). The first-order valence-corrected chi connectivity index (χ1v) is 10.5. The molecule has 0 radical (unpaired) electrons. The van der Waals surface area contributed by atoms with E-state index in [-0.39, 0.29) is 17.3 Å². The van der Waals surface area contributed by atoms with E-state index in [1.54, 1.807) is 24.3 Å². The van der Waals surface area contributed by atoms with Gasteiger partial charge in [0.2, 0.25) is 10.0 Å². The molecule has 6 heteroatoms. The van der Waals surface area contributed by atoms with Gasteiger partial charge in [-0.15, -0.1) is 0 Å². The summed E-state index contributed by atoms with van der Waals surface area (Å²) in [7, 11) is -3.63. The van der Waals surface area contributed by atoms with Crippen LogP contribution in [-0.2, 0) is 14.8 Å². The fraction of sp³-hybridized carbons (Fsp3) is 0.182. The molecular formula is C22H20FNO3S. The molecule has 144 valence electrons. The molecule has 0 bridgehead atoms. The number of hydrogen-bond donors (Lipinski definition) is 0. The van der Waals surface area contributed by atoms with Crippen molar-refractivity contribution in [3.8, 4) is 11.1 Å². The second kappa shape index (κ2) is 7.83. The minimum absolute atomic E-state index is 0.203. The molecule has 1 aliphatic heterocycles. The zero-order valence-electron chi connectivity index (χ0n) is 15.2. The molecule has 3 aromatic rings. The van der Waals surface area contributed by atoms with Crippen LogP contribution in [0.2, 0.25) is 0 Å². The highest BCUT2D eigenvalue weighted by atomic mass is 32.2. The topological polar surface area (TPSA) is 46.6 Å². The van der Waals surface area contributed by atoms with Gasteiger partial charge in [-0.05, 0) is 41.0 Å². The molecule has 0 aromatic heterocycles. The Kier molecular flexibility index (Phi) is 5.26. The van der Waals surface area contributed by atoms with Crippen LogP contribution in [0.5, 0.6) is 0 Å². The van der Waals surface area contributed by atoms with E-state index in [1.165, 1.54) is 16.4 Å². The van der Waals surface area contributed by atoms with Crippen LogP contribution in [0.15, 0.2) is 83.8 Å². The molecule has 1 unspecified atom stereocenters. The fourth-order valence-corrected chi connectivity index (χ4v) is 4.75. The monoisotopic (exact) mass is 397 g/mol. The second-order valence-electron chi connectivity index (χ2n) is 6.66. The average Bonchev–Trinajstić information content (AvgIpc) is 2.75. The Morgan fingerprint density at radius 1 is 0.857 bits per heavy atom. The van der Waals surface area contributed by atoms with Gasteiger partial charge in [0, 0.05) is 13.1 Å². The number of halogens is 1. The first-order valence-electron chi connectivity index (χ1n) is 9.07.